The fourth-order valence-electron chi connectivity index (χ4n) is 3.10. The highest BCUT2D eigenvalue weighted by Crippen LogP contribution is 2.32. The fraction of sp³-hybridized carbons (Fsp3) is 0.200. The number of amides is 2. The van der Waals surface area contributed by atoms with Crippen molar-refractivity contribution in [1.82, 2.24) is 4.98 Å². The Morgan fingerprint density at radius 1 is 1.23 bits per heavy atom. The van der Waals surface area contributed by atoms with Crippen LogP contribution >= 0.6 is 0 Å². The summed E-state index contributed by atoms with van der Waals surface area (Å²) < 4.78 is 5.51. The van der Waals surface area contributed by atoms with Gasteiger partial charge in [0.05, 0.1) is 5.69 Å². The van der Waals surface area contributed by atoms with Gasteiger partial charge in [-0.2, -0.15) is 0 Å². The Hall–Kier alpha value is -3.28. The second-order valence-corrected chi connectivity index (χ2v) is 6.37. The molecule has 0 bridgehead atoms. The first-order chi connectivity index (χ1) is 12.6. The minimum atomic E-state index is -0.515. The van der Waals surface area contributed by atoms with Crippen molar-refractivity contribution in [3.05, 3.63) is 54.2 Å². The standard InChI is InChI=1S/C20H19N3O3/c1-12-20(25)23-17-10-14(7-8-18(17)26-12)22-19(24)9-6-13-11-21-16-5-3-2-4-15(13)16/h2-5,7-8,10-12,21H,6,9H2,1H3,(H,22,24)(H,23,25)/t12-/m1/s1. The van der Waals surface area contributed by atoms with E-state index in [2.05, 4.69) is 15.6 Å². The van der Waals surface area contributed by atoms with Crippen molar-refractivity contribution in [2.75, 3.05) is 10.6 Å². The number of ether oxygens (including phenoxy) is 1. The highest BCUT2D eigenvalue weighted by Gasteiger charge is 2.23. The number of H-pyrrole nitrogens is 1. The fourth-order valence-corrected chi connectivity index (χ4v) is 3.10. The van der Waals surface area contributed by atoms with Crippen molar-refractivity contribution >= 4 is 34.1 Å². The number of aromatic nitrogens is 1. The number of carbonyl (C=O) groups excluding carboxylic acids is 2. The summed E-state index contributed by atoms with van der Waals surface area (Å²) in [6.07, 6.45) is 2.46. The number of rotatable bonds is 4. The minimum Gasteiger partial charge on any atom is -0.479 e. The van der Waals surface area contributed by atoms with Gasteiger partial charge in [0.15, 0.2) is 6.10 Å². The Morgan fingerprint density at radius 2 is 2.08 bits per heavy atom. The number of anilines is 2. The van der Waals surface area contributed by atoms with Crippen LogP contribution in [0.3, 0.4) is 0 Å². The quantitative estimate of drug-likeness (QED) is 0.674. The van der Waals surface area contributed by atoms with E-state index in [0.717, 1.165) is 16.5 Å². The summed E-state index contributed by atoms with van der Waals surface area (Å²) in [6.45, 7) is 1.69. The first-order valence-corrected chi connectivity index (χ1v) is 8.56. The maximum Gasteiger partial charge on any atom is 0.265 e. The van der Waals surface area contributed by atoms with Crippen molar-refractivity contribution in [1.29, 1.82) is 0 Å². The van der Waals surface area contributed by atoms with Gasteiger partial charge < -0.3 is 20.4 Å². The SMILES string of the molecule is C[C@H]1Oc2ccc(NC(=O)CCc3c[nH]c4ccccc34)cc2NC1=O. The van der Waals surface area contributed by atoms with Gasteiger partial charge >= 0.3 is 0 Å². The van der Waals surface area contributed by atoms with E-state index in [1.165, 1.54) is 0 Å². The highest BCUT2D eigenvalue weighted by atomic mass is 16.5. The van der Waals surface area contributed by atoms with Crippen LogP contribution in [-0.2, 0) is 16.0 Å². The zero-order valence-electron chi connectivity index (χ0n) is 14.3. The molecule has 0 saturated heterocycles. The van der Waals surface area contributed by atoms with Gasteiger partial charge in [0.2, 0.25) is 5.91 Å². The molecule has 0 spiro atoms. The molecule has 26 heavy (non-hydrogen) atoms. The summed E-state index contributed by atoms with van der Waals surface area (Å²) in [5.41, 5.74) is 3.40. The molecule has 132 valence electrons. The van der Waals surface area contributed by atoms with Crippen LogP contribution in [0.5, 0.6) is 5.75 Å². The Balaban J connectivity index is 1.41. The van der Waals surface area contributed by atoms with Crippen molar-refractivity contribution in [3.8, 4) is 5.75 Å². The summed E-state index contributed by atoms with van der Waals surface area (Å²) >= 11 is 0. The van der Waals surface area contributed by atoms with Crippen molar-refractivity contribution in [3.63, 3.8) is 0 Å². The highest BCUT2D eigenvalue weighted by molar-refractivity contribution is 5.99. The zero-order chi connectivity index (χ0) is 18.1. The van der Waals surface area contributed by atoms with E-state index in [0.29, 0.717) is 30.0 Å². The zero-order valence-corrected chi connectivity index (χ0v) is 14.3. The summed E-state index contributed by atoms with van der Waals surface area (Å²) in [5, 5.41) is 6.79. The first kappa shape index (κ1) is 16.2. The molecule has 1 aliphatic heterocycles. The molecule has 1 atom stereocenters. The smallest absolute Gasteiger partial charge is 0.265 e. The summed E-state index contributed by atoms with van der Waals surface area (Å²) in [7, 11) is 0. The third-order valence-electron chi connectivity index (χ3n) is 4.49. The second kappa shape index (κ2) is 6.55. The number of para-hydroxylation sites is 1. The molecule has 0 saturated carbocycles. The maximum atomic E-state index is 12.3. The van der Waals surface area contributed by atoms with E-state index < -0.39 is 6.10 Å². The second-order valence-electron chi connectivity index (χ2n) is 6.37. The molecule has 3 aromatic rings. The van der Waals surface area contributed by atoms with Crippen LogP contribution in [0.2, 0.25) is 0 Å². The Kier molecular flexibility index (Phi) is 4.08. The lowest BCUT2D eigenvalue weighted by molar-refractivity contribution is -0.122. The Morgan fingerprint density at radius 3 is 2.96 bits per heavy atom. The van der Waals surface area contributed by atoms with Crippen molar-refractivity contribution in [2.45, 2.75) is 25.9 Å². The minimum absolute atomic E-state index is 0.0772. The summed E-state index contributed by atoms with van der Waals surface area (Å²) in [4.78, 5) is 27.2. The lowest BCUT2D eigenvalue weighted by atomic mass is 10.1. The van der Waals surface area contributed by atoms with Gasteiger partial charge in [-0.25, -0.2) is 0 Å². The molecule has 2 amide bonds. The first-order valence-electron chi connectivity index (χ1n) is 8.56. The van der Waals surface area contributed by atoms with Crippen LogP contribution in [0, 0.1) is 0 Å². The predicted octanol–water partition coefficient (Wildman–Crippen LogP) is 3.46. The molecule has 1 aromatic heterocycles. The predicted molar refractivity (Wildman–Crippen MR) is 100 cm³/mol. The number of aromatic amines is 1. The number of hydrogen-bond acceptors (Lipinski definition) is 3. The van der Waals surface area contributed by atoms with E-state index in [9.17, 15) is 9.59 Å². The molecular weight excluding hydrogens is 330 g/mol. The molecule has 6 nitrogen and oxygen atoms in total. The average molecular weight is 349 g/mol. The van der Waals surface area contributed by atoms with Crippen molar-refractivity contribution in [2.24, 2.45) is 0 Å². The monoisotopic (exact) mass is 349 g/mol. The third kappa shape index (κ3) is 3.13. The van der Waals surface area contributed by atoms with Gasteiger partial charge in [0.25, 0.3) is 5.91 Å². The number of aryl methyl sites for hydroxylation is 1. The van der Waals surface area contributed by atoms with E-state index in [1.807, 2.05) is 30.5 Å². The molecule has 0 radical (unpaired) electrons. The molecule has 0 aliphatic carbocycles. The van der Waals surface area contributed by atoms with Crippen LogP contribution in [0.15, 0.2) is 48.7 Å². The number of fused-ring (bicyclic) bond motifs is 2. The lowest BCUT2D eigenvalue weighted by Gasteiger charge is -2.23. The van der Waals surface area contributed by atoms with Gasteiger partial charge in [0.1, 0.15) is 5.75 Å². The van der Waals surface area contributed by atoms with Crippen LogP contribution in [0.4, 0.5) is 11.4 Å². The van der Waals surface area contributed by atoms with Crippen LogP contribution < -0.4 is 15.4 Å². The largest absolute Gasteiger partial charge is 0.479 e. The molecule has 4 rings (SSSR count). The molecule has 3 N–H and O–H groups in total. The molecule has 0 fully saturated rings. The molecule has 2 aromatic carbocycles. The van der Waals surface area contributed by atoms with E-state index in [1.54, 1.807) is 25.1 Å². The molecule has 2 heterocycles. The molecule has 1 aliphatic rings. The van der Waals surface area contributed by atoms with E-state index in [-0.39, 0.29) is 11.8 Å². The topological polar surface area (TPSA) is 83.2 Å². The van der Waals surface area contributed by atoms with Crippen LogP contribution in [0.1, 0.15) is 18.9 Å². The number of benzene rings is 2. The van der Waals surface area contributed by atoms with Gasteiger partial charge in [-0.05, 0) is 43.2 Å². The third-order valence-corrected chi connectivity index (χ3v) is 4.49. The molecule has 6 heteroatoms. The number of carbonyl (C=O) groups is 2. The normalized spacial score (nSPS) is 15.9. The van der Waals surface area contributed by atoms with Crippen molar-refractivity contribution < 1.29 is 14.3 Å². The van der Waals surface area contributed by atoms with Gasteiger partial charge in [-0.3, -0.25) is 9.59 Å². The van der Waals surface area contributed by atoms with E-state index in [4.69, 9.17) is 4.74 Å². The van der Waals surface area contributed by atoms with Gasteiger partial charge in [0, 0.05) is 29.2 Å². The van der Waals surface area contributed by atoms with E-state index >= 15 is 0 Å². The average Bonchev–Trinajstić information content (AvgIpc) is 3.04. The Bertz CT molecular complexity index is 993. The van der Waals surface area contributed by atoms with Crippen LogP contribution in [-0.4, -0.2) is 22.9 Å². The molecular formula is C20H19N3O3. The van der Waals surface area contributed by atoms with Crippen LogP contribution in [0.25, 0.3) is 10.9 Å². The maximum absolute atomic E-state index is 12.3. The van der Waals surface area contributed by atoms with Gasteiger partial charge in [-0.1, -0.05) is 18.2 Å². The van der Waals surface area contributed by atoms with Gasteiger partial charge in [-0.15, -0.1) is 0 Å². The number of hydrogen-bond donors (Lipinski definition) is 3. The summed E-state index contributed by atoms with van der Waals surface area (Å²) in [5.74, 6) is 0.334. The number of nitrogens with one attached hydrogen (secondary N) is 3. The molecule has 0 unspecified atom stereocenters. The summed E-state index contributed by atoms with van der Waals surface area (Å²) in [6, 6.07) is 13.3. The Labute approximate surface area is 150 Å². The lowest BCUT2D eigenvalue weighted by Crippen LogP contribution is -2.34.